The van der Waals surface area contributed by atoms with Gasteiger partial charge in [0.15, 0.2) is 0 Å². The Bertz CT molecular complexity index is 1380. The van der Waals surface area contributed by atoms with Crippen molar-refractivity contribution >= 4 is 37.5 Å². The lowest BCUT2D eigenvalue weighted by atomic mass is 10.1. The summed E-state index contributed by atoms with van der Waals surface area (Å²) in [7, 11) is -2.65. The van der Waals surface area contributed by atoms with Crippen molar-refractivity contribution in [1.82, 2.24) is 9.71 Å². The Labute approximate surface area is 208 Å². The third kappa shape index (κ3) is 5.87. The molecule has 1 aromatic heterocycles. The minimum Gasteiger partial charge on any atom is -0.486 e. The highest BCUT2D eigenvalue weighted by molar-refractivity contribution is 7.89. The third-order valence-electron chi connectivity index (χ3n) is 5.46. The van der Waals surface area contributed by atoms with Gasteiger partial charge in [-0.15, -0.1) is 11.3 Å². The molecule has 0 aliphatic carbocycles. The predicted molar refractivity (Wildman–Crippen MR) is 137 cm³/mol. The molecule has 0 radical (unpaired) electrons. The van der Waals surface area contributed by atoms with Crippen molar-refractivity contribution in [3.63, 3.8) is 0 Å². The van der Waals surface area contributed by atoms with Crippen LogP contribution >= 0.6 is 11.3 Å². The number of esters is 1. The van der Waals surface area contributed by atoms with Crippen LogP contribution in [0, 0.1) is 5.92 Å². The van der Waals surface area contributed by atoms with Crippen LogP contribution in [0.1, 0.15) is 18.9 Å². The molecule has 0 spiro atoms. The van der Waals surface area contributed by atoms with E-state index in [4.69, 9.17) is 9.47 Å². The zero-order chi connectivity index (χ0) is 25.0. The summed E-state index contributed by atoms with van der Waals surface area (Å²) in [6.07, 6.45) is 0. The molecular weight excluding hydrogens is 484 g/mol. The number of nitrogens with one attached hydrogen (secondary N) is 1. The van der Waals surface area contributed by atoms with Crippen LogP contribution in [0.3, 0.4) is 0 Å². The maximum atomic E-state index is 12.8. The summed E-state index contributed by atoms with van der Waals surface area (Å²) in [5.41, 5.74) is 2.75. The van der Waals surface area contributed by atoms with Gasteiger partial charge in [0, 0.05) is 0 Å². The number of aromatic nitrogens is 1. The largest absolute Gasteiger partial charge is 0.486 e. The summed E-state index contributed by atoms with van der Waals surface area (Å²) in [5.74, 6) is -0.156. The molecule has 182 valence electrons. The second-order valence-electron chi connectivity index (χ2n) is 8.28. The number of fused-ring (bicyclic) bond motifs is 1. The zero-order valence-corrected chi connectivity index (χ0v) is 21.2. The minimum atomic E-state index is -3.88. The highest BCUT2D eigenvalue weighted by atomic mass is 32.2. The van der Waals surface area contributed by atoms with E-state index in [2.05, 4.69) is 9.71 Å². The van der Waals surface area contributed by atoms with E-state index in [0.717, 1.165) is 32.1 Å². The van der Waals surface area contributed by atoms with Crippen LogP contribution in [0.5, 0.6) is 5.75 Å². The molecule has 1 heterocycles. The number of ether oxygens (including phenoxy) is 2. The van der Waals surface area contributed by atoms with Crippen LogP contribution in [0.15, 0.2) is 77.7 Å². The quantitative estimate of drug-likeness (QED) is 0.318. The summed E-state index contributed by atoms with van der Waals surface area (Å²) >= 11 is 1.61. The average Bonchev–Trinajstić information content (AvgIpc) is 3.29. The maximum Gasteiger partial charge on any atom is 0.324 e. The van der Waals surface area contributed by atoms with Crippen molar-refractivity contribution in [1.29, 1.82) is 0 Å². The summed E-state index contributed by atoms with van der Waals surface area (Å²) in [6, 6.07) is 21.1. The van der Waals surface area contributed by atoms with Crippen LogP contribution < -0.4 is 9.46 Å². The Kier molecular flexibility index (Phi) is 7.49. The number of para-hydroxylation sites is 1. The van der Waals surface area contributed by atoms with Gasteiger partial charge in [0.05, 0.1) is 22.2 Å². The smallest absolute Gasteiger partial charge is 0.324 e. The van der Waals surface area contributed by atoms with Gasteiger partial charge in [0.2, 0.25) is 10.0 Å². The number of hydrogen-bond acceptors (Lipinski definition) is 7. The molecule has 1 N–H and O–H groups in total. The Morgan fingerprint density at radius 1 is 0.971 bits per heavy atom. The van der Waals surface area contributed by atoms with Crippen LogP contribution in [0.4, 0.5) is 0 Å². The monoisotopic (exact) mass is 510 g/mol. The van der Waals surface area contributed by atoms with Crippen molar-refractivity contribution in [2.75, 3.05) is 7.11 Å². The van der Waals surface area contributed by atoms with E-state index in [9.17, 15) is 13.2 Å². The number of rotatable bonds is 9. The molecule has 0 aliphatic heterocycles. The van der Waals surface area contributed by atoms with Crippen LogP contribution in [0.25, 0.3) is 21.3 Å². The molecule has 4 aromatic rings. The van der Waals surface area contributed by atoms with Crippen molar-refractivity contribution < 1.29 is 22.7 Å². The zero-order valence-electron chi connectivity index (χ0n) is 19.6. The molecule has 4 rings (SSSR count). The second kappa shape index (κ2) is 10.6. The molecule has 7 nitrogen and oxygen atoms in total. The number of carbonyl (C=O) groups excluding carboxylic acids is 1. The number of methoxy groups -OCH3 is 1. The lowest BCUT2D eigenvalue weighted by Crippen LogP contribution is -2.44. The molecule has 3 aromatic carbocycles. The van der Waals surface area contributed by atoms with Gasteiger partial charge in [-0.05, 0) is 53.4 Å². The van der Waals surface area contributed by atoms with E-state index < -0.39 is 22.0 Å². The Balaban J connectivity index is 1.41. The van der Waals surface area contributed by atoms with Crippen LogP contribution in [-0.2, 0) is 26.2 Å². The van der Waals surface area contributed by atoms with E-state index in [1.54, 1.807) is 37.3 Å². The van der Waals surface area contributed by atoms with E-state index in [1.807, 2.05) is 48.5 Å². The first kappa shape index (κ1) is 24.8. The number of hydrogen-bond donors (Lipinski definition) is 1. The topological polar surface area (TPSA) is 94.6 Å². The summed E-state index contributed by atoms with van der Waals surface area (Å²) in [4.78, 5) is 16.6. The van der Waals surface area contributed by atoms with E-state index in [0.29, 0.717) is 6.61 Å². The Morgan fingerprint density at radius 3 is 2.20 bits per heavy atom. The first-order valence-electron chi connectivity index (χ1n) is 11.0. The first-order valence-corrected chi connectivity index (χ1v) is 13.3. The molecule has 35 heavy (non-hydrogen) atoms. The van der Waals surface area contributed by atoms with Crippen LogP contribution in [-0.4, -0.2) is 32.5 Å². The van der Waals surface area contributed by atoms with Crippen molar-refractivity contribution in [2.45, 2.75) is 31.4 Å². The Hall–Kier alpha value is -3.27. The fourth-order valence-electron chi connectivity index (χ4n) is 3.52. The number of carbonyl (C=O) groups is 1. The van der Waals surface area contributed by atoms with E-state index in [-0.39, 0.29) is 10.8 Å². The third-order valence-corrected chi connectivity index (χ3v) is 7.92. The van der Waals surface area contributed by atoms with Crippen LogP contribution in [0.2, 0.25) is 0 Å². The highest BCUT2D eigenvalue weighted by Crippen LogP contribution is 2.26. The van der Waals surface area contributed by atoms with Gasteiger partial charge in [-0.3, -0.25) is 4.79 Å². The molecule has 0 unspecified atom stereocenters. The van der Waals surface area contributed by atoms with E-state index >= 15 is 0 Å². The number of nitrogens with zero attached hydrogens (tertiary/aromatic N) is 1. The molecule has 0 saturated heterocycles. The molecule has 0 fully saturated rings. The van der Waals surface area contributed by atoms with Gasteiger partial charge in [0.25, 0.3) is 0 Å². The van der Waals surface area contributed by atoms with Crippen molar-refractivity contribution in [2.24, 2.45) is 5.92 Å². The molecule has 0 bridgehead atoms. The summed E-state index contributed by atoms with van der Waals surface area (Å²) in [5, 5.41) is 0.910. The van der Waals surface area contributed by atoms with Gasteiger partial charge < -0.3 is 9.47 Å². The molecular formula is C26H26N2O5S2. The summed E-state index contributed by atoms with van der Waals surface area (Å²) in [6.45, 7) is 3.89. The first-order chi connectivity index (χ1) is 16.8. The van der Waals surface area contributed by atoms with Crippen molar-refractivity contribution in [3.05, 3.63) is 77.8 Å². The second-order valence-corrected chi connectivity index (χ2v) is 11.1. The predicted octanol–water partition coefficient (Wildman–Crippen LogP) is 5.02. The number of benzene rings is 3. The average molecular weight is 511 g/mol. The Morgan fingerprint density at radius 2 is 1.60 bits per heavy atom. The number of sulfonamides is 1. The SMILES string of the molecule is COC(=O)[C@H](NS(=O)(=O)c1ccc(-c2ccc(OCc3nc4ccccc4s3)cc2)cc1)C(C)C. The molecule has 0 amide bonds. The fourth-order valence-corrected chi connectivity index (χ4v) is 5.73. The molecule has 0 saturated carbocycles. The van der Waals surface area contributed by atoms with Gasteiger partial charge in [-0.1, -0.05) is 50.2 Å². The van der Waals surface area contributed by atoms with Crippen molar-refractivity contribution in [3.8, 4) is 16.9 Å². The fraction of sp³-hybridized carbons (Fsp3) is 0.231. The van der Waals surface area contributed by atoms with Gasteiger partial charge in [-0.25, -0.2) is 13.4 Å². The minimum absolute atomic E-state index is 0.0755. The number of thiazole rings is 1. The standard InChI is InChI=1S/C26H26N2O5S2/c1-17(2)25(26(29)32-3)28-35(30,31)21-14-10-19(11-15-21)18-8-12-20(13-9-18)33-16-24-27-22-6-4-5-7-23(22)34-24/h4-15,17,25,28H,16H2,1-3H3/t25-/m1/s1. The normalized spacial score (nSPS) is 12.6. The summed E-state index contributed by atoms with van der Waals surface area (Å²) < 4.78 is 39.7. The van der Waals surface area contributed by atoms with Gasteiger partial charge >= 0.3 is 5.97 Å². The highest BCUT2D eigenvalue weighted by Gasteiger charge is 2.29. The molecule has 1 atom stereocenters. The lowest BCUT2D eigenvalue weighted by molar-refractivity contribution is -0.143. The van der Waals surface area contributed by atoms with Gasteiger partial charge in [0.1, 0.15) is 23.4 Å². The maximum absolute atomic E-state index is 12.8. The molecule has 0 aliphatic rings. The van der Waals surface area contributed by atoms with E-state index in [1.165, 1.54) is 19.2 Å². The molecule has 9 heteroatoms. The van der Waals surface area contributed by atoms with Gasteiger partial charge in [-0.2, -0.15) is 4.72 Å². The lowest BCUT2D eigenvalue weighted by Gasteiger charge is -2.19.